The average molecular weight is 413 g/mol. The van der Waals surface area contributed by atoms with Crippen LogP contribution in [0.15, 0.2) is 78.9 Å². The number of hydrogen-bond donors (Lipinski definition) is 1. The molecule has 1 N–H and O–H groups in total. The largest absolute Gasteiger partial charge is 0.365 e. The maximum atomic E-state index is 13.5. The third kappa shape index (κ3) is 2.94. The first-order chi connectivity index (χ1) is 13.4. The molecule has 2 unspecified atom stereocenters. The smallest absolute Gasteiger partial charge is 0.332 e. The molecule has 1 fully saturated rings. The lowest BCUT2D eigenvalue weighted by molar-refractivity contribution is 0.0372. The van der Waals surface area contributed by atoms with Gasteiger partial charge in [-0.25, -0.2) is 4.79 Å². The summed E-state index contributed by atoms with van der Waals surface area (Å²) in [5, 5.41) is 13.0. The average Bonchev–Trinajstić information content (AvgIpc) is 2.91. The number of halogens is 2. The van der Waals surface area contributed by atoms with Crippen molar-refractivity contribution in [3.8, 4) is 0 Å². The van der Waals surface area contributed by atoms with E-state index in [1.165, 1.54) is 4.90 Å². The minimum Gasteiger partial charge on any atom is -0.365 e. The summed E-state index contributed by atoms with van der Waals surface area (Å²) < 4.78 is 0. The molecule has 0 spiro atoms. The molecule has 2 amide bonds. The van der Waals surface area contributed by atoms with Crippen LogP contribution >= 0.6 is 23.2 Å². The number of nitrogens with zero attached hydrogens (tertiary/aromatic N) is 2. The van der Waals surface area contributed by atoms with E-state index in [0.717, 1.165) is 0 Å². The summed E-state index contributed by atoms with van der Waals surface area (Å²) in [7, 11) is 0. The first kappa shape index (κ1) is 18.8. The van der Waals surface area contributed by atoms with E-state index in [4.69, 9.17) is 23.2 Å². The number of aliphatic hydroxyl groups is 1. The van der Waals surface area contributed by atoms with Crippen LogP contribution < -0.4 is 9.80 Å². The van der Waals surface area contributed by atoms with Gasteiger partial charge in [-0.15, -0.1) is 0 Å². The SMILES string of the molecule is CC1N(c2ccc(Cl)cc2)C(=O)N(c2ccc(Cl)cc2)C1(O)c1ccccc1. The summed E-state index contributed by atoms with van der Waals surface area (Å²) in [6.45, 7) is 1.83. The van der Waals surface area contributed by atoms with E-state index in [1.807, 2.05) is 37.3 Å². The number of urea groups is 1. The highest BCUT2D eigenvalue weighted by Crippen LogP contribution is 2.44. The summed E-state index contributed by atoms with van der Waals surface area (Å²) in [5.74, 6) is 0. The lowest BCUT2D eigenvalue weighted by atomic mass is 9.94. The molecule has 0 aliphatic carbocycles. The summed E-state index contributed by atoms with van der Waals surface area (Å²) >= 11 is 12.0. The highest BCUT2D eigenvalue weighted by Gasteiger charge is 2.56. The lowest BCUT2D eigenvalue weighted by Gasteiger charge is -2.35. The van der Waals surface area contributed by atoms with Crippen LogP contribution in [0.4, 0.5) is 16.2 Å². The molecular weight excluding hydrogens is 395 g/mol. The van der Waals surface area contributed by atoms with Gasteiger partial charge in [-0.2, -0.15) is 0 Å². The molecule has 3 aromatic carbocycles. The molecule has 1 saturated heterocycles. The fourth-order valence-electron chi connectivity index (χ4n) is 3.67. The Labute approximate surface area is 173 Å². The van der Waals surface area contributed by atoms with Crippen LogP contribution in [0.3, 0.4) is 0 Å². The van der Waals surface area contributed by atoms with Gasteiger partial charge in [0, 0.05) is 27.0 Å². The van der Waals surface area contributed by atoms with Gasteiger partial charge in [-0.1, -0.05) is 53.5 Å². The molecule has 142 valence electrons. The van der Waals surface area contributed by atoms with E-state index in [1.54, 1.807) is 53.4 Å². The Morgan fingerprint density at radius 2 is 1.32 bits per heavy atom. The van der Waals surface area contributed by atoms with Gasteiger partial charge in [0.15, 0.2) is 5.72 Å². The van der Waals surface area contributed by atoms with Crippen molar-refractivity contribution in [2.75, 3.05) is 9.80 Å². The predicted octanol–water partition coefficient (Wildman–Crippen LogP) is 5.67. The van der Waals surface area contributed by atoms with Crippen molar-refractivity contribution in [1.29, 1.82) is 0 Å². The maximum Gasteiger partial charge on any atom is 0.332 e. The molecule has 1 aliphatic heterocycles. The Kier molecular flexibility index (Phi) is 4.79. The van der Waals surface area contributed by atoms with Gasteiger partial charge in [0.2, 0.25) is 0 Å². The minimum absolute atomic E-state index is 0.330. The van der Waals surface area contributed by atoms with Crippen LogP contribution in [-0.2, 0) is 5.72 Å². The Balaban J connectivity index is 1.89. The Morgan fingerprint density at radius 1 is 0.821 bits per heavy atom. The quantitative estimate of drug-likeness (QED) is 0.601. The molecule has 0 radical (unpaired) electrons. The van der Waals surface area contributed by atoms with Crippen LogP contribution in [0.25, 0.3) is 0 Å². The van der Waals surface area contributed by atoms with Crippen molar-refractivity contribution in [1.82, 2.24) is 0 Å². The van der Waals surface area contributed by atoms with Gasteiger partial charge in [-0.3, -0.25) is 9.80 Å². The van der Waals surface area contributed by atoms with Crippen LogP contribution in [0.1, 0.15) is 12.5 Å². The van der Waals surface area contributed by atoms with E-state index in [0.29, 0.717) is 27.0 Å². The summed E-state index contributed by atoms with van der Waals surface area (Å²) in [4.78, 5) is 16.5. The number of carbonyl (C=O) groups excluding carboxylic acids is 1. The topological polar surface area (TPSA) is 43.8 Å². The second-order valence-electron chi connectivity index (χ2n) is 6.71. The first-order valence-corrected chi connectivity index (χ1v) is 9.61. The Bertz CT molecular complexity index is 993. The lowest BCUT2D eigenvalue weighted by Crippen LogP contribution is -2.48. The van der Waals surface area contributed by atoms with Crippen molar-refractivity contribution in [3.05, 3.63) is 94.5 Å². The Hall–Kier alpha value is -2.53. The number of anilines is 2. The number of benzene rings is 3. The van der Waals surface area contributed by atoms with Crippen LogP contribution in [-0.4, -0.2) is 17.2 Å². The van der Waals surface area contributed by atoms with Crippen molar-refractivity contribution in [3.63, 3.8) is 0 Å². The van der Waals surface area contributed by atoms with E-state index in [9.17, 15) is 9.90 Å². The van der Waals surface area contributed by atoms with Crippen LogP contribution in [0, 0.1) is 0 Å². The summed E-state index contributed by atoms with van der Waals surface area (Å²) in [6.07, 6.45) is 0. The van der Waals surface area contributed by atoms with E-state index in [2.05, 4.69) is 0 Å². The molecule has 3 aromatic rings. The van der Waals surface area contributed by atoms with E-state index in [-0.39, 0.29) is 6.03 Å². The fraction of sp³-hybridized carbons (Fsp3) is 0.136. The second kappa shape index (κ2) is 7.13. The van der Waals surface area contributed by atoms with Crippen molar-refractivity contribution >= 4 is 40.6 Å². The van der Waals surface area contributed by atoms with Crippen LogP contribution in [0.5, 0.6) is 0 Å². The molecule has 2 atom stereocenters. The Morgan fingerprint density at radius 3 is 1.86 bits per heavy atom. The molecule has 6 heteroatoms. The molecule has 0 aromatic heterocycles. The van der Waals surface area contributed by atoms with E-state index < -0.39 is 11.8 Å². The molecular formula is C22H18Cl2N2O2. The number of amides is 2. The molecule has 1 aliphatic rings. The maximum absolute atomic E-state index is 13.5. The number of carbonyl (C=O) groups is 1. The molecule has 0 bridgehead atoms. The first-order valence-electron chi connectivity index (χ1n) is 8.85. The summed E-state index contributed by atoms with van der Waals surface area (Å²) in [6, 6.07) is 22.2. The number of rotatable bonds is 3. The van der Waals surface area contributed by atoms with Gasteiger partial charge in [0.1, 0.15) is 0 Å². The third-order valence-electron chi connectivity index (χ3n) is 5.10. The molecule has 28 heavy (non-hydrogen) atoms. The van der Waals surface area contributed by atoms with E-state index >= 15 is 0 Å². The van der Waals surface area contributed by atoms with Gasteiger partial charge in [0.25, 0.3) is 0 Å². The standard InChI is InChI=1S/C22H18Cl2N2O2/c1-15-22(28,16-5-3-2-4-6-16)26(20-13-9-18(24)10-14-20)21(27)25(15)19-11-7-17(23)8-12-19/h2-15,28H,1H3. The van der Waals surface area contributed by atoms with Gasteiger partial charge >= 0.3 is 6.03 Å². The minimum atomic E-state index is -1.56. The number of hydrogen-bond acceptors (Lipinski definition) is 2. The predicted molar refractivity (Wildman–Crippen MR) is 113 cm³/mol. The highest BCUT2D eigenvalue weighted by atomic mass is 35.5. The highest BCUT2D eigenvalue weighted by molar-refractivity contribution is 6.31. The normalized spacial score (nSPS) is 22.0. The zero-order valence-corrected chi connectivity index (χ0v) is 16.6. The zero-order valence-electron chi connectivity index (χ0n) is 15.1. The fourth-order valence-corrected chi connectivity index (χ4v) is 3.92. The van der Waals surface area contributed by atoms with Crippen LogP contribution in [0.2, 0.25) is 10.0 Å². The van der Waals surface area contributed by atoms with Crippen molar-refractivity contribution in [2.24, 2.45) is 0 Å². The second-order valence-corrected chi connectivity index (χ2v) is 7.58. The third-order valence-corrected chi connectivity index (χ3v) is 5.60. The van der Waals surface area contributed by atoms with Crippen molar-refractivity contribution in [2.45, 2.75) is 18.7 Å². The molecule has 4 rings (SSSR count). The van der Waals surface area contributed by atoms with Gasteiger partial charge in [0.05, 0.1) is 6.04 Å². The molecule has 0 saturated carbocycles. The molecule has 1 heterocycles. The van der Waals surface area contributed by atoms with Crippen molar-refractivity contribution < 1.29 is 9.90 Å². The van der Waals surface area contributed by atoms with Gasteiger partial charge in [-0.05, 0) is 55.5 Å². The zero-order chi connectivity index (χ0) is 19.9. The molecule has 4 nitrogen and oxygen atoms in total. The summed E-state index contributed by atoms with van der Waals surface area (Å²) in [5.41, 5.74) is 0.283. The monoisotopic (exact) mass is 412 g/mol. The van der Waals surface area contributed by atoms with Gasteiger partial charge < -0.3 is 5.11 Å².